The normalized spacial score (nSPS) is 10.6. The highest BCUT2D eigenvalue weighted by molar-refractivity contribution is 5.93. The summed E-state index contributed by atoms with van der Waals surface area (Å²) in [5.41, 5.74) is 3.62. The molecule has 0 saturated heterocycles. The summed E-state index contributed by atoms with van der Waals surface area (Å²) in [6, 6.07) is 15.2. The van der Waals surface area contributed by atoms with Crippen LogP contribution in [0.2, 0.25) is 0 Å². The van der Waals surface area contributed by atoms with Crippen molar-refractivity contribution in [3.8, 4) is 0 Å². The first-order valence-corrected chi connectivity index (χ1v) is 9.15. The number of esters is 1. The van der Waals surface area contributed by atoms with Crippen molar-refractivity contribution in [1.82, 2.24) is 0 Å². The maximum atomic E-state index is 12.1. The molecule has 2 aromatic carbocycles. The molecule has 0 aliphatic carbocycles. The molecule has 2 aromatic rings. The van der Waals surface area contributed by atoms with Crippen molar-refractivity contribution in [2.45, 2.75) is 46.0 Å². The zero-order valence-corrected chi connectivity index (χ0v) is 15.7. The summed E-state index contributed by atoms with van der Waals surface area (Å²) in [5, 5.41) is 2.86. The SMILES string of the molecule is CCCOC(=O)c1ccc(NC(=O)CCc2ccc(C(C)C)cc2)cc1. The lowest BCUT2D eigenvalue weighted by Gasteiger charge is -2.08. The van der Waals surface area contributed by atoms with E-state index < -0.39 is 0 Å². The van der Waals surface area contributed by atoms with Crippen LogP contribution in [0, 0.1) is 0 Å². The summed E-state index contributed by atoms with van der Waals surface area (Å²) in [5.74, 6) is 0.128. The fourth-order valence-corrected chi connectivity index (χ4v) is 2.52. The standard InChI is InChI=1S/C22H27NO3/c1-4-15-26-22(25)19-10-12-20(13-11-19)23-21(24)14-7-17-5-8-18(9-6-17)16(2)3/h5-6,8-13,16H,4,7,14-15H2,1-3H3,(H,23,24). The number of amides is 1. The van der Waals surface area contributed by atoms with E-state index in [-0.39, 0.29) is 11.9 Å². The van der Waals surface area contributed by atoms with Crippen LogP contribution in [0.15, 0.2) is 48.5 Å². The smallest absolute Gasteiger partial charge is 0.338 e. The van der Waals surface area contributed by atoms with E-state index in [1.54, 1.807) is 24.3 Å². The van der Waals surface area contributed by atoms with Gasteiger partial charge >= 0.3 is 5.97 Å². The molecule has 0 saturated carbocycles. The van der Waals surface area contributed by atoms with Gasteiger partial charge in [0.2, 0.25) is 5.91 Å². The lowest BCUT2D eigenvalue weighted by atomic mass is 10.0. The third kappa shape index (κ3) is 6.03. The molecule has 4 nitrogen and oxygen atoms in total. The van der Waals surface area contributed by atoms with Crippen molar-refractivity contribution in [3.05, 3.63) is 65.2 Å². The molecular weight excluding hydrogens is 326 g/mol. The molecule has 1 N–H and O–H groups in total. The van der Waals surface area contributed by atoms with E-state index in [1.807, 2.05) is 6.92 Å². The van der Waals surface area contributed by atoms with Gasteiger partial charge in [0.05, 0.1) is 12.2 Å². The summed E-state index contributed by atoms with van der Waals surface area (Å²) in [6.07, 6.45) is 1.91. The number of benzene rings is 2. The summed E-state index contributed by atoms with van der Waals surface area (Å²) in [4.78, 5) is 23.9. The zero-order chi connectivity index (χ0) is 18.9. The number of aryl methyl sites for hydroxylation is 1. The fourth-order valence-electron chi connectivity index (χ4n) is 2.52. The Bertz CT molecular complexity index is 718. The minimum Gasteiger partial charge on any atom is -0.462 e. The molecular formula is C22H27NO3. The van der Waals surface area contributed by atoms with Crippen LogP contribution in [0.4, 0.5) is 5.69 Å². The molecule has 2 rings (SSSR count). The van der Waals surface area contributed by atoms with Crippen LogP contribution in [-0.2, 0) is 16.0 Å². The van der Waals surface area contributed by atoms with Crippen LogP contribution in [0.3, 0.4) is 0 Å². The number of hydrogen-bond donors (Lipinski definition) is 1. The molecule has 0 aromatic heterocycles. The minimum atomic E-state index is -0.338. The van der Waals surface area contributed by atoms with Crippen molar-refractivity contribution in [1.29, 1.82) is 0 Å². The molecule has 1 amide bonds. The monoisotopic (exact) mass is 353 g/mol. The maximum absolute atomic E-state index is 12.1. The van der Waals surface area contributed by atoms with Gasteiger partial charge in [-0.05, 0) is 54.2 Å². The third-order valence-electron chi connectivity index (χ3n) is 4.13. The van der Waals surface area contributed by atoms with Gasteiger partial charge < -0.3 is 10.1 Å². The molecule has 0 aliphatic rings. The highest BCUT2D eigenvalue weighted by atomic mass is 16.5. The summed E-state index contributed by atoms with van der Waals surface area (Å²) in [6.45, 7) is 6.69. The Morgan fingerprint density at radius 1 is 1.00 bits per heavy atom. The van der Waals surface area contributed by atoms with E-state index in [4.69, 9.17) is 4.74 Å². The number of rotatable bonds is 8. The number of hydrogen-bond acceptors (Lipinski definition) is 3. The van der Waals surface area contributed by atoms with E-state index >= 15 is 0 Å². The topological polar surface area (TPSA) is 55.4 Å². The van der Waals surface area contributed by atoms with Crippen LogP contribution < -0.4 is 5.32 Å². The Hall–Kier alpha value is -2.62. The predicted octanol–water partition coefficient (Wildman–Crippen LogP) is 4.95. The fraction of sp³-hybridized carbons (Fsp3) is 0.364. The van der Waals surface area contributed by atoms with Gasteiger partial charge in [-0.3, -0.25) is 4.79 Å². The lowest BCUT2D eigenvalue weighted by Crippen LogP contribution is -2.12. The second kappa shape index (κ2) is 9.76. The highest BCUT2D eigenvalue weighted by Gasteiger charge is 2.08. The van der Waals surface area contributed by atoms with E-state index in [1.165, 1.54) is 5.56 Å². The number of anilines is 1. The van der Waals surface area contributed by atoms with E-state index in [0.29, 0.717) is 36.6 Å². The van der Waals surface area contributed by atoms with Gasteiger partial charge in [0.25, 0.3) is 0 Å². The first kappa shape index (κ1) is 19.7. The van der Waals surface area contributed by atoms with Crippen LogP contribution in [0.25, 0.3) is 0 Å². The molecule has 0 unspecified atom stereocenters. The van der Waals surface area contributed by atoms with Crippen LogP contribution in [0.5, 0.6) is 0 Å². The average Bonchev–Trinajstić information content (AvgIpc) is 2.65. The number of ether oxygens (including phenoxy) is 1. The third-order valence-corrected chi connectivity index (χ3v) is 4.13. The highest BCUT2D eigenvalue weighted by Crippen LogP contribution is 2.16. The van der Waals surface area contributed by atoms with Crippen LogP contribution >= 0.6 is 0 Å². The second-order valence-corrected chi connectivity index (χ2v) is 6.66. The number of nitrogens with one attached hydrogen (secondary N) is 1. The average molecular weight is 353 g/mol. The Morgan fingerprint density at radius 2 is 1.65 bits per heavy atom. The zero-order valence-electron chi connectivity index (χ0n) is 15.7. The van der Waals surface area contributed by atoms with Gasteiger partial charge in [-0.15, -0.1) is 0 Å². The largest absolute Gasteiger partial charge is 0.462 e. The van der Waals surface area contributed by atoms with Gasteiger partial charge in [0.1, 0.15) is 0 Å². The van der Waals surface area contributed by atoms with Gasteiger partial charge in [-0.1, -0.05) is 45.0 Å². The molecule has 0 aliphatic heterocycles. The second-order valence-electron chi connectivity index (χ2n) is 6.66. The molecule has 0 radical (unpaired) electrons. The van der Waals surface area contributed by atoms with E-state index in [9.17, 15) is 9.59 Å². The molecule has 0 fully saturated rings. The minimum absolute atomic E-state index is 0.0424. The summed E-state index contributed by atoms with van der Waals surface area (Å²) >= 11 is 0. The maximum Gasteiger partial charge on any atom is 0.338 e. The number of carbonyl (C=O) groups excluding carboxylic acids is 2. The predicted molar refractivity (Wildman–Crippen MR) is 104 cm³/mol. The molecule has 0 spiro atoms. The van der Waals surface area contributed by atoms with Crippen molar-refractivity contribution >= 4 is 17.6 Å². The van der Waals surface area contributed by atoms with Gasteiger partial charge in [-0.25, -0.2) is 4.79 Å². The van der Waals surface area contributed by atoms with E-state index in [2.05, 4.69) is 43.4 Å². The van der Waals surface area contributed by atoms with Crippen molar-refractivity contribution in [2.24, 2.45) is 0 Å². The summed E-state index contributed by atoms with van der Waals surface area (Å²) < 4.78 is 5.08. The molecule has 26 heavy (non-hydrogen) atoms. The van der Waals surface area contributed by atoms with Crippen molar-refractivity contribution < 1.29 is 14.3 Å². The molecule has 0 bridgehead atoms. The van der Waals surface area contributed by atoms with Gasteiger partial charge in [-0.2, -0.15) is 0 Å². The Labute approximate surface area is 155 Å². The Kier molecular flexibility index (Phi) is 7.39. The molecule has 4 heteroatoms. The lowest BCUT2D eigenvalue weighted by molar-refractivity contribution is -0.116. The van der Waals surface area contributed by atoms with Gasteiger partial charge in [0.15, 0.2) is 0 Å². The summed E-state index contributed by atoms with van der Waals surface area (Å²) in [7, 11) is 0. The first-order valence-electron chi connectivity index (χ1n) is 9.15. The van der Waals surface area contributed by atoms with Crippen LogP contribution in [0.1, 0.15) is 61.0 Å². The van der Waals surface area contributed by atoms with Crippen LogP contribution in [-0.4, -0.2) is 18.5 Å². The van der Waals surface area contributed by atoms with Gasteiger partial charge in [0, 0.05) is 12.1 Å². The molecule has 0 atom stereocenters. The van der Waals surface area contributed by atoms with Crippen molar-refractivity contribution in [3.63, 3.8) is 0 Å². The molecule has 0 heterocycles. The molecule has 138 valence electrons. The Balaban J connectivity index is 1.82. The number of carbonyl (C=O) groups is 2. The van der Waals surface area contributed by atoms with Crippen molar-refractivity contribution in [2.75, 3.05) is 11.9 Å². The van der Waals surface area contributed by atoms with E-state index in [0.717, 1.165) is 12.0 Å². The Morgan fingerprint density at radius 3 is 2.23 bits per heavy atom. The first-order chi connectivity index (χ1) is 12.5. The quantitative estimate of drug-likeness (QED) is 0.683.